The summed E-state index contributed by atoms with van der Waals surface area (Å²) in [5.74, 6) is 0.472. The normalized spacial score (nSPS) is 25.6. The summed E-state index contributed by atoms with van der Waals surface area (Å²) in [5, 5.41) is 0. The van der Waals surface area contributed by atoms with Crippen LogP contribution in [0.2, 0.25) is 0 Å². The molecule has 1 aliphatic heterocycles. The molecule has 1 saturated heterocycles. The fourth-order valence-electron chi connectivity index (χ4n) is 2.03. The van der Waals surface area contributed by atoms with E-state index in [4.69, 9.17) is 9.73 Å². The van der Waals surface area contributed by atoms with Gasteiger partial charge in [-0.15, -0.1) is 0 Å². The number of hydrogen-bond donors (Lipinski definition) is 0. The van der Waals surface area contributed by atoms with Crippen LogP contribution in [0.3, 0.4) is 0 Å². The van der Waals surface area contributed by atoms with Crippen LogP contribution in [0, 0.1) is 5.92 Å². The van der Waals surface area contributed by atoms with Crippen molar-refractivity contribution < 1.29 is 4.74 Å². The first-order valence-electron chi connectivity index (χ1n) is 5.96. The summed E-state index contributed by atoms with van der Waals surface area (Å²) < 4.78 is 5.42. The minimum absolute atomic E-state index is 0.261. The van der Waals surface area contributed by atoms with E-state index in [1.165, 1.54) is 11.3 Å². The highest BCUT2D eigenvalue weighted by Crippen LogP contribution is 2.20. The van der Waals surface area contributed by atoms with Gasteiger partial charge in [0.1, 0.15) is 0 Å². The molecular formula is C14H19NO. The van der Waals surface area contributed by atoms with Crippen LogP contribution in [-0.2, 0) is 4.74 Å². The van der Waals surface area contributed by atoms with Crippen LogP contribution in [0.15, 0.2) is 35.3 Å². The van der Waals surface area contributed by atoms with Crippen molar-refractivity contribution in [3.05, 3.63) is 35.9 Å². The monoisotopic (exact) mass is 217 g/mol. The Morgan fingerprint density at radius 2 is 2.06 bits per heavy atom. The highest BCUT2D eigenvalue weighted by molar-refractivity contribution is 5.87. The van der Waals surface area contributed by atoms with Crippen molar-refractivity contribution in [2.45, 2.75) is 26.3 Å². The zero-order chi connectivity index (χ0) is 11.4. The van der Waals surface area contributed by atoms with E-state index in [9.17, 15) is 0 Å². The number of nitrogens with zero attached hydrogens (tertiary/aromatic N) is 1. The smallest absolute Gasteiger partial charge is 0.0720 e. The van der Waals surface area contributed by atoms with Gasteiger partial charge in [0, 0.05) is 18.1 Å². The molecule has 2 rings (SSSR count). The maximum Gasteiger partial charge on any atom is 0.0720 e. The van der Waals surface area contributed by atoms with Crippen molar-refractivity contribution in [2.75, 3.05) is 13.2 Å². The van der Waals surface area contributed by atoms with Crippen LogP contribution in [0.1, 0.15) is 31.9 Å². The lowest BCUT2D eigenvalue weighted by Crippen LogP contribution is -2.25. The van der Waals surface area contributed by atoms with E-state index in [-0.39, 0.29) is 6.04 Å². The van der Waals surface area contributed by atoms with E-state index < -0.39 is 0 Å². The molecule has 1 aliphatic rings. The fraction of sp³-hybridized carbons (Fsp3) is 0.500. The Bertz CT molecular complexity index is 358. The average Bonchev–Trinajstić information content (AvgIpc) is 2.33. The zero-order valence-corrected chi connectivity index (χ0v) is 10.0. The van der Waals surface area contributed by atoms with Crippen LogP contribution < -0.4 is 0 Å². The van der Waals surface area contributed by atoms with Gasteiger partial charge in [0.2, 0.25) is 0 Å². The van der Waals surface area contributed by atoms with E-state index in [0.717, 1.165) is 19.6 Å². The van der Waals surface area contributed by atoms with Gasteiger partial charge < -0.3 is 4.74 Å². The first-order valence-corrected chi connectivity index (χ1v) is 5.96. The summed E-state index contributed by atoms with van der Waals surface area (Å²) in [6.07, 6.45) is 0.984. The number of rotatable bonds is 2. The lowest BCUT2D eigenvalue weighted by Gasteiger charge is -2.22. The summed E-state index contributed by atoms with van der Waals surface area (Å²) in [6, 6.07) is 10.7. The number of hydrogen-bond acceptors (Lipinski definition) is 2. The Labute approximate surface area is 97.4 Å². The van der Waals surface area contributed by atoms with Crippen LogP contribution in [-0.4, -0.2) is 18.9 Å². The highest BCUT2D eigenvalue weighted by Gasteiger charge is 2.17. The maximum absolute atomic E-state index is 5.42. The predicted molar refractivity (Wildman–Crippen MR) is 66.9 cm³/mol. The lowest BCUT2D eigenvalue weighted by atomic mass is 10.0. The molecule has 1 aromatic carbocycles. The molecule has 0 aromatic heterocycles. The Morgan fingerprint density at radius 1 is 1.31 bits per heavy atom. The minimum atomic E-state index is 0.261. The SMILES string of the molecule is CC1COCCC1=N[C@H](C)c1ccccc1. The van der Waals surface area contributed by atoms with Gasteiger partial charge in [0.05, 0.1) is 19.3 Å². The molecule has 2 heteroatoms. The van der Waals surface area contributed by atoms with Crippen LogP contribution >= 0.6 is 0 Å². The van der Waals surface area contributed by atoms with E-state index in [1.54, 1.807) is 0 Å². The van der Waals surface area contributed by atoms with E-state index in [1.807, 2.05) is 6.07 Å². The molecule has 1 fully saturated rings. The third-order valence-electron chi connectivity index (χ3n) is 3.08. The predicted octanol–water partition coefficient (Wildman–Crippen LogP) is 3.25. The average molecular weight is 217 g/mol. The quantitative estimate of drug-likeness (QED) is 0.745. The molecule has 0 radical (unpaired) electrons. The van der Waals surface area contributed by atoms with Gasteiger partial charge in [-0.1, -0.05) is 37.3 Å². The summed E-state index contributed by atoms with van der Waals surface area (Å²) in [4.78, 5) is 4.82. The molecule has 0 aliphatic carbocycles. The third-order valence-corrected chi connectivity index (χ3v) is 3.08. The largest absolute Gasteiger partial charge is 0.380 e. The van der Waals surface area contributed by atoms with Crippen molar-refractivity contribution in [2.24, 2.45) is 10.9 Å². The van der Waals surface area contributed by atoms with Crippen molar-refractivity contribution in [1.82, 2.24) is 0 Å². The molecule has 86 valence electrons. The van der Waals surface area contributed by atoms with E-state index in [0.29, 0.717) is 5.92 Å². The summed E-state index contributed by atoms with van der Waals surface area (Å²) in [6.45, 7) is 5.99. The van der Waals surface area contributed by atoms with Crippen LogP contribution in [0.25, 0.3) is 0 Å². The van der Waals surface area contributed by atoms with Crippen molar-refractivity contribution in [3.63, 3.8) is 0 Å². The fourth-order valence-corrected chi connectivity index (χ4v) is 2.03. The summed E-state index contributed by atoms with van der Waals surface area (Å²) in [5.41, 5.74) is 2.59. The minimum Gasteiger partial charge on any atom is -0.380 e. The molecule has 0 saturated carbocycles. The maximum atomic E-state index is 5.42. The molecule has 2 atom stereocenters. The number of ether oxygens (including phenoxy) is 1. The Hall–Kier alpha value is -1.15. The third kappa shape index (κ3) is 2.70. The van der Waals surface area contributed by atoms with Crippen LogP contribution in [0.4, 0.5) is 0 Å². The first kappa shape index (κ1) is 11.3. The molecule has 16 heavy (non-hydrogen) atoms. The van der Waals surface area contributed by atoms with Gasteiger partial charge in [-0.25, -0.2) is 0 Å². The van der Waals surface area contributed by atoms with E-state index in [2.05, 4.69) is 38.1 Å². The Balaban J connectivity index is 2.10. The second kappa shape index (κ2) is 5.26. The molecule has 0 N–H and O–H groups in total. The molecule has 0 amide bonds. The Kier molecular flexibility index (Phi) is 3.73. The first-order chi connectivity index (χ1) is 7.77. The summed E-state index contributed by atoms with van der Waals surface area (Å²) >= 11 is 0. The number of benzene rings is 1. The molecular weight excluding hydrogens is 198 g/mol. The van der Waals surface area contributed by atoms with Crippen molar-refractivity contribution >= 4 is 5.71 Å². The molecule has 0 bridgehead atoms. The van der Waals surface area contributed by atoms with E-state index >= 15 is 0 Å². The highest BCUT2D eigenvalue weighted by atomic mass is 16.5. The standard InChI is InChI=1S/C14H19NO/c1-11-10-16-9-8-14(11)15-12(2)13-6-4-3-5-7-13/h3-7,11-12H,8-10H2,1-2H3/t11?,12-/m1/s1. The Morgan fingerprint density at radius 3 is 2.75 bits per heavy atom. The molecule has 1 heterocycles. The van der Waals surface area contributed by atoms with Crippen LogP contribution in [0.5, 0.6) is 0 Å². The van der Waals surface area contributed by atoms with Gasteiger partial charge in [-0.3, -0.25) is 4.99 Å². The van der Waals surface area contributed by atoms with Gasteiger partial charge in [0.25, 0.3) is 0 Å². The second-order valence-electron chi connectivity index (χ2n) is 4.43. The molecule has 2 nitrogen and oxygen atoms in total. The van der Waals surface area contributed by atoms with Gasteiger partial charge in [0.15, 0.2) is 0 Å². The molecule has 1 aromatic rings. The summed E-state index contributed by atoms with van der Waals surface area (Å²) in [7, 11) is 0. The topological polar surface area (TPSA) is 21.6 Å². The lowest BCUT2D eigenvalue weighted by molar-refractivity contribution is 0.110. The zero-order valence-electron chi connectivity index (χ0n) is 10.0. The van der Waals surface area contributed by atoms with Crippen molar-refractivity contribution in [3.8, 4) is 0 Å². The van der Waals surface area contributed by atoms with Crippen molar-refractivity contribution in [1.29, 1.82) is 0 Å². The van der Waals surface area contributed by atoms with Gasteiger partial charge >= 0.3 is 0 Å². The van der Waals surface area contributed by atoms with Gasteiger partial charge in [-0.2, -0.15) is 0 Å². The van der Waals surface area contributed by atoms with Gasteiger partial charge in [-0.05, 0) is 12.5 Å². The number of aliphatic imine (C=N–C) groups is 1. The molecule has 1 unspecified atom stereocenters. The molecule has 0 spiro atoms. The second-order valence-corrected chi connectivity index (χ2v) is 4.43.